The highest BCUT2D eigenvalue weighted by Gasteiger charge is 2.48. The van der Waals surface area contributed by atoms with Gasteiger partial charge in [0.05, 0.1) is 29.6 Å². The Morgan fingerprint density at radius 2 is 1.76 bits per heavy atom. The Hall–Kier alpha value is -2.96. The third kappa shape index (κ3) is 4.97. The number of hydrogen-bond donors (Lipinski definition) is 3. The van der Waals surface area contributed by atoms with Gasteiger partial charge in [0.15, 0.2) is 17.6 Å². The predicted molar refractivity (Wildman–Crippen MR) is 144 cm³/mol. The van der Waals surface area contributed by atoms with Gasteiger partial charge >= 0.3 is 0 Å². The zero-order chi connectivity index (χ0) is 25.7. The number of fused-ring (bicyclic) bond motifs is 2. The molecule has 2 aliphatic heterocycles. The molecular weight excluding hydrogens is 516 g/mol. The molecule has 5 heterocycles. The fraction of sp³-hybridized carbons (Fsp3) is 0.360. The van der Waals surface area contributed by atoms with E-state index in [9.17, 15) is 5.11 Å². The molecule has 37 heavy (non-hydrogen) atoms. The number of rotatable bonds is 5. The number of hydrogen-bond acceptors (Lipinski definition) is 9. The highest BCUT2D eigenvalue weighted by atomic mass is 35.5. The van der Waals surface area contributed by atoms with Crippen LogP contribution in [-0.2, 0) is 19.3 Å². The summed E-state index contributed by atoms with van der Waals surface area (Å²) in [6.45, 7) is 0.551. The summed E-state index contributed by atoms with van der Waals surface area (Å²) in [5.41, 5.74) is 4.30. The van der Waals surface area contributed by atoms with Gasteiger partial charge in [0.1, 0.15) is 23.8 Å². The third-order valence-corrected chi connectivity index (χ3v) is 7.25. The molecule has 0 aliphatic carbocycles. The van der Waals surface area contributed by atoms with Gasteiger partial charge in [-0.05, 0) is 37.0 Å². The lowest BCUT2D eigenvalue weighted by molar-refractivity contribution is 0.00706. The van der Waals surface area contributed by atoms with Gasteiger partial charge in [-0.25, -0.2) is 9.35 Å². The van der Waals surface area contributed by atoms with Crippen LogP contribution in [-0.4, -0.2) is 86.7 Å². The molecule has 4 atom stereocenters. The van der Waals surface area contributed by atoms with Crippen molar-refractivity contribution in [2.45, 2.75) is 24.4 Å². The number of thiol groups is 1. The molecule has 10 nitrogen and oxygen atoms in total. The Bertz CT molecular complexity index is 1500. The van der Waals surface area contributed by atoms with E-state index in [1.807, 2.05) is 36.4 Å². The molecule has 2 saturated heterocycles. The maximum absolute atomic E-state index is 9.93. The second kappa shape index (κ2) is 9.41. The van der Waals surface area contributed by atoms with Crippen molar-refractivity contribution in [1.82, 2.24) is 25.1 Å². The first-order valence-corrected chi connectivity index (χ1v) is 15.3. The topological polar surface area (TPSA) is 128 Å². The van der Waals surface area contributed by atoms with Crippen LogP contribution in [0.3, 0.4) is 0 Å². The number of nitrogens with one attached hydrogen (secondary N) is 1. The van der Waals surface area contributed by atoms with Gasteiger partial charge in [-0.15, -0.1) is 10.2 Å². The molecule has 0 amide bonds. The molecule has 194 valence electrons. The Morgan fingerprint density at radius 1 is 1.00 bits per heavy atom. The molecule has 0 bridgehead atoms. The van der Waals surface area contributed by atoms with Crippen LogP contribution < -0.4 is 4.74 Å². The van der Waals surface area contributed by atoms with Gasteiger partial charge in [-0.3, -0.25) is 4.98 Å². The molecule has 12 heteroatoms. The van der Waals surface area contributed by atoms with E-state index < -0.39 is 15.9 Å². The molecule has 0 spiro atoms. The summed E-state index contributed by atoms with van der Waals surface area (Å²) in [6.07, 6.45) is 4.68. The number of aromatic nitrogens is 5. The normalized spacial score (nSPS) is 23.8. The average molecular weight is 543 g/mol. The van der Waals surface area contributed by atoms with E-state index in [1.165, 1.54) is 0 Å². The molecule has 4 aromatic rings. The number of aliphatic hydroxyl groups excluding tert-OH is 1. The maximum atomic E-state index is 9.93. The van der Waals surface area contributed by atoms with Gasteiger partial charge in [0.25, 0.3) is 6.01 Å². The minimum Gasteiger partial charge on any atom is -0.456 e. The molecule has 1 aromatic carbocycles. The van der Waals surface area contributed by atoms with E-state index in [0.717, 1.165) is 16.8 Å². The molecular formula is C25H27ClN6O4S. The summed E-state index contributed by atoms with van der Waals surface area (Å²) >= 11 is 6.58. The Morgan fingerprint density at radius 3 is 2.49 bits per heavy atom. The van der Waals surface area contributed by atoms with Crippen LogP contribution in [0.2, 0.25) is 5.02 Å². The fourth-order valence-electron chi connectivity index (χ4n) is 4.48. The summed E-state index contributed by atoms with van der Waals surface area (Å²) in [5, 5.41) is 19.0. The highest BCUT2D eigenvalue weighted by Crippen LogP contribution is 2.33. The van der Waals surface area contributed by atoms with Crippen LogP contribution in [0.15, 0.2) is 46.8 Å². The van der Waals surface area contributed by atoms with E-state index in [1.54, 1.807) is 6.07 Å². The number of aliphatic hydroxyl groups is 1. The molecule has 2 fully saturated rings. The van der Waals surface area contributed by atoms with Crippen LogP contribution in [0.25, 0.3) is 33.7 Å². The summed E-state index contributed by atoms with van der Waals surface area (Å²) < 4.78 is 21.9. The van der Waals surface area contributed by atoms with Crippen molar-refractivity contribution in [3.05, 3.63) is 47.5 Å². The molecule has 6 rings (SSSR count). The second-order valence-electron chi connectivity index (χ2n) is 9.94. The molecule has 0 saturated carbocycles. The van der Waals surface area contributed by atoms with Crippen molar-refractivity contribution in [1.29, 1.82) is 0 Å². The monoisotopic (exact) mass is 542 g/mol. The van der Waals surface area contributed by atoms with Crippen molar-refractivity contribution in [2.24, 2.45) is 4.36 Å². The van der Waals surface area contributed by atoms with E-state index >= 15 is 0 Å². The van der Waals surface area contributed by atoms with Crippen molar-refractivity contribution < 1.29 is 19.3 Å². The van der Waals surface area contributed by atoms with Crippen LogP contribution >= 0.6 is 11.6 Å². The van der Waals surface area contributed by atoms with Gasteiger partial charge in [0, 0.05) is 11.1 Å². The van der Waals surface area contributed by atoms with Gasteiger partial charge in [-0.1, -0.05) is 35.9 Å². The molecule has 0 unspecified atom stereocenters. The first-order chi connectivity index (χ1) is 17.7. The average Bonchev–Trinajstić information content (AvgIpc) is 3.55. The number of imidazole rings is 1. The van der Waals surface area contributed by atoms with E-state index in [2.05, 4.69) is 43.3 Å². The lowest BCUT2D eigenvalue weighted by Crippen LogP contribution is -2.34. The Labute approximate surface area is 219 Å². The first kappa shape index (κ1) is 24.4. The maximum Gasteiger partial charge on any atom is 0.296 e. The molecule has 0 radical (unpaired) electrons. The van der Waals surface area contributed by atoms with E-state index in [-0.39, 0.29) is 24.9 Å². The minimum atomic E-state index is -1.33. The quantitative estimate of drug-likeness (QED) is 0.328. The third-order valence-electron chi connectivity index (χ3n) is 6.16. The van der Waals surface area contributed by atoms with Crippen molar-refractivity contribution in [2.75, 3.05) is 32.0 Å². The number of nitrogens with zero attached hydrogens (tertiary/aromatic N) is 5. The number of benzene rings is 1. The van der Waals surface area contributed by atoms with E-state index in [0.29, 0.717) is 40.3 Å². The zero-order valence-corrected chi connectivity index (χ0v) is 22.1. The number of halogens is 1. The first-order valence-electron chi connectivity index (χ1n) is 11.9. The van der Waals surface area contributed by atoms with Crippen LogP contribution in [0, 0.1) is 0 Å². The summed E-state index contributed by atoms with van der Waals surface area (Å²) in [4.78, 5) is 12.3. The van der Waals surface area contributed by atoms with Crippen molar-refractivity contribution in [3.8, 4) is 28.5 Å². The second-order valence-corrected chi connectivity index (χ2v) is 14.4. The van der Waals surface area contributed by atoms with Crippen molar-refractivity contribution >= 4 is 38.4 Å². The van der Waals surface area contributed by atoms with Crippen LogP contribution in [0.5, 0.6) is 6.01 Å². The van der Waals surface area contributed by atoms with Crippen LogP contribution in [0.1, 0.15) is 0 Å². The number of H-pyrrole nitrogens is 1. The van der Waals surface area contributed by atoms with E-state index in [4.69, 9.17) is 30.8 Å². The largest absolute Gasteiger partial charge is 0.456 e. The predicted octanol–water partition coefficient (Wildman–Crippen LogP) is 3.23. The Kier molecular flexibility index (Phi) is 6.20. The number of pyridine rings is 1. The highest BCUT2D eigenvalue weighted by molar-refractivity contribution is 8.03. The van der Waals surface area contributed by atoms with Gasteiger partial charge in [0.2, 0.25) is 0 Å². The van der Waals surface area contributed by atoms with Gasteiger partial charge in [-0.2, -0.15) is 14.8 Å². The standard InChI is InChI=1S/C25H27ClN6O4S/c1-37(2,3)32-20-9-8-16(30-31-20)13-4-6-14(7-5-13)21-15(26)10-17-24(28-21)29-25(27-17)36-19-12-35-22-18(33)11-34-23(19)22/h4-10,18-19,22-23,33,37H,11-12H2,1-3H3,(H,27,28,29)/t18-,19-,22-,23-/m1/s1. The lowest BCUT2D eigenvalue weighted by atomic mass is 10.1. The molecule has 2 N–H and O–H groups in total. The van der Waals surface area contributed by atoms with Crippen molar-refractivity contribution in [3.63, 3.8) is 0 Å². The summed E-state index contributed by atoms with van der Waals surface area (Å²) in [6, 6.07) is 13.7. The van der Waals surface area contributed by atoms with Crippen LogP contribution in [0.4, 0.5) is 5.82 Å². The number of aromatic amines is 1. The minimum absolute atomic E-state index is 0.237. The fourth-order valence-corrected chi connectivity index (χ4v) is 5.46. The summed E-state index contributed by atoms with van der Waals surface area (Å²) in [5.74, 6) is 0.655. The molecule has 2 aliphatic rings. The zero-order valence-electron chi connectivity index (χ0n) is 20.5. The summed E-state index contributed by atoms with van der Waals surface area (Å²) in [7, 11) is -1.33. The SMILES string of the molecule is C[SH](C)(C)=Nc1ccc(-c2ccc(-c3nc4[nH]c(O[C@@H]5CO[C@H]6[C@@H]5OC[C@H]6O)nc4cc3Cl)cc2)nn1. The Balaban J connectivity index is 1.21. The smallest absolute Gasteiger partial charge is 0.296 e. The lowest BCUT2D eigenvalue weighted by Gasteiger charge is -2.15. The number of ether oxygens (including phenoxy) is 3. The van der Waals surface area contributed by atoms with Gasteiger partial charge < -0.3 is 19.3 Å². The molecule has 3 aromatic heterocycles.